The Labute approximate surface area is 152 Å². The maximum Gasteiger partial charge on any atom is 0.338 e. The van der Waals surface area contributed by atoms with Crippen LogP contribution in [0, 0.1) is 0 Å². The van der Waals surface area contributed by atoms with Crippen LogP contribution in [0.2, 0.25) is 5.02 Å². The van der Waals surface area contributed by atoms with Crippen LogP contribution in [0.1, 0.15) is 38.3 Å². The van der Waals surface area contributed by atoms with Gasteiger partial charge in [0.25, 0.3) is 0 Å². The van der Waals surface area contributed by atoms with Crippen molar-refractivity contribution in [1.29, 1.82) is 0 Å². The minimum absolute atomic E-state index is 0.308. The number of hydrogen-bond acceptors (Lipinski definition) is 4. The summed E-state index contributed by atoms with van der Waals surface area (Å²) in [7, 11) is 1.56. The molecule has 1 heterocycles. The quantitative estimate of drug-likeness (QED) is 0.592. The zero-order chi connectivity index (χ0) is 17.7. The highest BCUT2D eigenvalue weighted by atomic mass is 35.5. The lowest BCUT2D eigenvalue weighted by Gasteiger charge is -2.31. The summed E-state index contributed by atoms with van der Waals surface area (Å²) >= 11 is 11.5. The summed E-state index contributed by atoms with van der Waals surface area (Å²) < 4.78 is 10.4. The van der Waals surface area contributed by atoms with Crippen LogP contribution in [0.25, 0.3) is 0 Å². The standard InChI is InChI=1S/C17H21ClN2O3S/c1-4-6-12-14(16(21)23-5-2)15(20-17(24)19-12)10-7-8-13(22-3)11(18)9-10/h7-9,15H,4-6H2,1-3H3,(H2,19,20,24)/t15-/m1/s1. The average Bonchev–Trinajstić information content (AvgIpc) is 2.54. The average molecular weight is 369 g/mol. The molecule has 1 aliphatic rings. The molecule has 0 radical (unpaired) electrons. The highest BCUT2D eigenvalue weighted by Crippen LogP contribution is 2.33. The molecule has 1 atom stereocenters. The fraction of sp³-hybridized carbons (Fsp3) is 0.412. The molecule has 2 rings (SSSR count). The number of rotatable bonds is 6. The molecule has 1 aromatic rings. The molecule has 0 unspecified atom stereocenters. The fourth-order valence-corrected chi connectivity index (χ4v) is 3.13. The second-order valence-corrected chi connectivity index (χ2v) is 6.10. The molecule has 2 N–H and O–H groups in total. The number of nitrogens with one attached hydrogen (secondary N) is 2. The fourth-order valence-electron chi connectivity index (χ4n) is 2.63. The molecule has 0 bridgehead atoms. The van der Waals surface area contributed by atoms with Gasteiger partial charge in [-0.25, -0.2) is 4.79 Å². The van der Waals surface area contributed by atoms with Crippen LogP contribution in [-0.2, 0) is 9.53 Å². The highest BCUT2D eigenvalue weighted by molar-refractivity contribution is 7.80. The molecule has 0 amide bonds. The molecule has 24 heavy (non-hydrogen) atoms. The molecule has 0 aliphatic carbocycles. The lowest BCUT2D eigenvalue weighted by molar-refractivity contribution is -0.139. The summed E-state index contributed by atoms with van der Waals surface area (Å²) in [5.41, 5.74) is 2.14. The Bertz CT molecular complexity index is 676. The summed E-state index contributed by atoms with van der Waals surface area (Å²) in [5, 5.41) is 7.17. The van der Waals surface area contributed by atoms with Crippen LogP contribution < -0.4 is 15.4 Å². The molecule has 0 saturated heterocycles. The zero-order valence-electron chi connectivity index (χ0n) is 13.9. The van der Waals surface area contributed by atoms with Crippen molar-refractivity contribution in [2.45, 2.75) is 32.7 Å². The summed E-state index contributed by atoms with van der Waals surface area (Å²) in [4.78, 5) is 12.5. The third-order valence-corrected chi connectivity index (χ3v) is 4.17. The van der Waals surface area contributed by atoms with Crippen molar-refractivity contribution in [3.8, 4) is 5.75 Å². The van der Waals surface area contributed by atoms with E-state index in [1.807, 2.05) is 13.0 Å². The van der Waals surface area contributed by atoms with E-state index >= 15 is 0 Å². The van der Waals surface area contributed by atoms with E-state index in [9.17, 15) is 4.79 Å². The molecule has 0 saturated carbocycles. The molecular formula is C17H21ClN2O3S. The molecular weight excluding hydrogens is 348 g/mol. The van der Waals surface area contributed by atoms with E-state index in [0.717, 1.165) is 17.7 Å². The van der Waals surface area contributed by atoms with Gasteiger partial charge in [0.2, 0.25) is 0 Å². The van der Waals surface area contributed by atoms with Crippen LogP contribution in [0.15, 0.2) is 29.5 Å². The molecule has 7 heteroatoms. The second kappa shape index (κ2) is 8.35. The molecule has 5 nitrogen and oxygen atoms in total. The lowest BCUT2D eigenvalue weighted by Crippen LogP contribution is -2.45. The van der Waals surface area contributed by atoms with Gasteiger partial charge in [-0.3, -0.25) is 0 Å². The van der Waals surface area contributed by atoms with E-state index in [0.29, 0.717) is 34.5 Å². The monoisotopic (exact) mass is 368 g/mol. The Kier molecular flexibility index (Phi) is 6.45. The number of allylic oxidation sites excluding steroid dienone is 1. The minimum atomic E-state index is -0.414. The Balaban J connectivity index is 2.50. The number of carbonyl (C=O) groups excluding carboxylic acids is 1. The van der Waals surface area contributed by atoms with E-state index in [1.54, 1.807) is 26.2 Å². The van der Waals surface area contributed by atoms with Crippen molar-refractivity contribution in [3.05, 3.63) is 40.1 Å². The van der Waals surface area contributed by atoms with Gasteiger partial charge >= 0.3 is 5.97 Å². The first-order chi connectivity index (χ1) is 11.5. The first kappa shape index (κ1) is 18.5. The van der Waals surface area contributed by atoms with Gasteiger partial charge in [-0.15, -0.1) is 0 Å². The number of carbonyl (C=O) groups is 1. The van der Waals surface area contributed by atoms with E-state index < -0.39 is 6.04 Å². The van der Waals surface area contributed by atoms with Crippen LogP contribution >= 0.6 is 23.8 Å². The predicted octanol–water partition coefficient (Wildman–Crippen LogP) is 3.48. The van der Waals surface area contributed by atoms with E-state index in [4.69, 9.17) is 33.3 Å². The zero-order valence-corrected chi connectivity index (χ0v) is 15.5. The number of methoxy groups -OCH3 is 1. The topological polar surface area (TPSA) is 59.6 Å². The maximum absolute atomic E-state index is 12.5. The van der Waals surface area contributed by atoms with Crippen LogP contribution in [0.4, 0.5) is 0 Å². The third-order valence-electron chi connectivity index (χ3n) is 3.66. The predicted molar refractivity (Wildman–Crippen MR) is 98.2 cm³/mol. The first-order valence-electron chi connectivity index (χ1n) is 7.82. The molecule has 0 aromatic heterocycles. The minimum Gasteiger partial charge on any atom is -0.495 e. The van der Waals surface area contributed by atoms with Gasteiger partial charge in [0.15, 0.2) is 5.11 Å². The normalized spacial score (nSPS) is 17.2. The van der Waals surface area contributed by atoms with Crippen molar-refractivity contribution in [2.24, 2.45) is 0 Å². The van der Waals surface area contributed by atoms with Crippen molar-refractivity contribution >= 4 is 34.9 Å². The number of benzene rings is 1. The third kappa shape index (κ3) is 3.99. The Hall–Kier alpha value is -1.79. The van der Waals surface area contributed by atoms with Crippen molar-refractivity contribution in [1.82, 2.24) is 10.6 Å². The largest absolute Gasteiger partial charge is 0.495 e. The number of hydrogen-bond donors (Lipinski definition) is 2. The van der Waals surface area contributed by atoms with Gasteiger partial charge in [0.05, 0.1) is 30.4 Å². The van der Waals surface area contributed by atoms with Gasteiger partial charge in [-0.2, -0.15) is 0 Å². The molecule has 1 aromatic carbocycles. The highest BCUT2D eigenvalue weighted by Gasteiger charge is 2.32. The summed E-state index contributed by atoms with van der Waals surface area (Å²) in [5.74, 6) is 0.216. The van der Waals surface area contributed by atoms with E-state index in [1.165, 1.54) is 0 Å². The molecule has 1 aliphatic heterocycles. The summed E-state index contributed by atoms with van der Waals surface area (Å²) in [6, 6.07) is 4.99. The van der Waals surface area contributed by atoms with Crippen LogP contribution in [0.3, 0.4) is 0 Å². The van der Waals surface area contributed by atoms with Crippen LogP contribution in [-0.4, -0.2) is 24.8 Å². The number of halogens is 1. The number of thiocarbonyl (C=S) groups is 1. The SMILES string of the molecule is CCCC1=C(C(=O)OCC)[C@@H](c2ccc(OC)c(Cl)c2)NC(=S)N1. The van der Waals surface area contributed by atoms with Gasteiger partial charge in [-0.1, -0.05) is 31.0 Å². The molecule has 0 fully saturated rings. The van der Waals surface area contributed by atoms with Gasteiger partial charge in [-0.05, 0) is 43.3 Å². The van der Waals surface area contributed by atoms with E-state index in [2.05, 4.69) is 10.6 Å². The second-order valence-electron chi connectivity index (χ2n) is 5.29. The molecule has 130 valence electrons. The van der Waals surface area contributed by atoms with Gasteiger partial charge in [0.1, 0.15) is 5.75 Å². The Morgan fingerprint density at radius 1 is 1.38 bits per heavy atom. The summed E-state index contributed by atoms with van der Waals surface area (Å²) in [6.07, 6.45) is 1.58. The summed E-state index contributed by atoms with van der Waals surface area (Å²) in [6.45, 7) is 4.13. The Morgan fingerprint density at radius 2 is 2.12 bits per heavy atom. The van der Waals surface area contributed by atoms with Gasteiger partial charge in [0, 0.05) is 5.70 Å². The van der Waals surface area contributed by atoms with Crippen molar-refractivity contribution in [2.75, 3.05) is 13.7 Å². The van der Waals surface area contributed by atoms with Crippen LogP contribution in [0.5, 0.6) is 5.75 Å². The first-order valence-corrected chi connectivity index (χ1v) is 8.61. The Morgan fingerprint density at radius 3 is 2.71 bits per heavy atom. The van der Waals surface area contributed by atoms with Gasteiger partial charge < -0.3 is 20.1 Å². The number of ether oxygens (including phenoxy) is 2. The van der Waals surface area contributed by atoms with Crippen molar-refractivity contribution in [3.63, 3.8) is 0 Å². The molecule has 0 spiro atoms. The smallest absolute Gasteiger partial charge is 0.338 e. The maximum atomic E-state index is 12.5. The van der Waals surface area contributed by atoms with E-state index in [-0.39, 0.29) is 5.97 Å². The number of esters is 1. The van der Waals surface area contributed by atoms with Crippen molar-refractivity contribution < 1.29 is 14.3 Å². The lowest BCUT2D eigenvalue weighted by atomic mass is 9.94.